The summed E-state index contributed by atoms with van der Waals surface area (Å²) < 4.78 is 5.60. The molecule has 1 aliphatic heterocycles. The molecule has 3 amide bonds. The SMILES string of the molecule is C=CC[C@@H]1C[C@]1(NC(=O)[C@@H]1C[C@@H](O/N=C/c2ccccc2-c2cccs2)CN1C(=O)[C@@H](NC(=O)OC1CCCC1)C(C)(C)C)C(=O)O. The molecule has 12 heteroatoms. The minimum Gasteiger partial charge on any atom is -0.479 e. The van der Waals surface area contributed by atoms with Crippen molar-refractivity contribution in [2.45, 2.75) is 95.5 Å². The first-order valence-electron chi connectivity index (χ1n) is 16.2. The molecule has 1 aromatic heterocycles. The van der Waals surface area contributed by atoms with E-state index in [-0.39, 0.29) is 31.4 Å². The maximum atomic E-state index is 14.2. The van der Waals surface area contributed by atoms with E-state index in [1.165, 1.54) is 4.90 Å². The first-order chi connectivity index (χ1) is 22.4. The topological polar surface area (TPSA) is 147 Å². The Hall–Kier alpha value is -4.19. The second-order valence-electron chi connectivity index (χ2n) is 13.7. The maximum Gasteiger partial charge on any atom is 0.408 e. The number of nitrogens with zero attached hydrogens (tertiary/aromatic N) is 2. The van der Waals surface area contributed by atoms with Gasteiger partial charge < -0.3 is 30.2 Å². The highest BCUT2D eigenvalue weighted by Gasteiger charge is 2.62. The van der Waals surface area contributed by atoms with E-state index in [9.17, 15) is 24.3 Å². The Morgan fingerprint density at radius 1 is 1.15 bits per heavy atom. The fourth-order valence-corrected chi connectivity index (χ4v) is 7.29. The largest absolute Gasteiger partial charge is 0.479 e. The lowest BCUT2D eigenvalue weighted by atomic mass is 9.85. The summed E-state index contributed by atoms with van der Waals surface area (Å²) in [7, 11) is 0. The normalized spacial score (nSPS) is 24.9. The minimum atomic E-state index is -1.42. The van der Waals surface area contributed by atoms with Gasteiger partial charge in [0, 0.05) is 22.4 Å². The Kier molecular flexibility index (Phi) is 10.4. The average Bonchev–Trinajstić information content (AvgIpc) is 3.53. The second-order valence-corrected chi connectivity index (χ2v) is 14.7. The molecule has 0 radical (unpaired) electrons. The molecule has 0 bridgehead atoms. The Morgan fingerprint density at radius 3 is 2.55 bits per heavy atom. The van der Waals surface area contributed by atoms with E-state index in [4.69, 9.17) is 9.57 Å². The number of benzene rings is 1. The monoisotopic (exact) mass is 664 g/mol. The summed E-state index contributed by atoms with van der Waals surface area (Å²) in [5.74, 6) is -2.49. The van der Waals surface area contributed by atoms with Crippen LogP contribution in [0.25, 0.3) is 10.4 Å². The fourth-order valence-electron chi connectivity index (χ4n) is 6.52. The van der Waals surface area contributed by atoms with Gasteiger partial charge in [0.15, 0.2) is 0 Å². The minimum absolute atomic E-state index is 0.0168. The number of rotatable bonds is 12. The van der Waals surface area contributed by atoms with Crippen LogP contribution in [0.1, 0.15) is 71.3 Å². The molecule has 3 N–H and O–H groups in total. The molecule has 2 saturated carbocycles. The predicted molar refractivity (Wildman–Crippen MR) is 179 cm³/mol. The summed E-state index contributed by atoms with van der Waals surface area (Å²) in [6.45, 7) is 9.19. The number of carbonyl (C=O) groups is 4. The molecule has 1 saturated heterocycles. The van der Waals surface area contributed by atoms with Gasteiger partial charge in [-0.1, -0.05) is 62.3 Å². The molecule has 3 aliphatic rings. The molecule has 0 spiro atoms. The number of allylic oxidation sites excluding steroid dienone is 1. The first-order valence-corrected chi connectivity index (χ1v) is 17.1. The molecule has 5 rings (SSSR count). The second kappa shape index (κ2) is 14.3. The molecule has 2 aromatic rings. The van der Waals surface area contributed by atoms with Gasteiger partial charge in [0.25, 0.3) is 0 Å². The number of hydrogen-bond acceptors (Lipinski definition) is 8. The summed E-state index contributed by atoms with van der Waals surface area (Å²) >= 11 is 1.61. The van der Waals surface area contributed by atoms with Crippen LogP contribution in [-0.2, 0) is 24.0 Å². The van der Waals surface area contributed by atoms with Gasteiger partial charge in [-0.2, -0.15) is 0 Å². The zero-order valence-electron chi connectivity index (χ0n) is 27.1. The third kappa shape index (κ3) is 7.86. The number of ether oxygens (including phenoxy) is 1. The smallest absolute Gasteiger partial charge is 0.408 e. The highest BCUT2D eigenvalue weighted by atomic mass is 32.1. The fraction of sp³-hybridized carbons (Fsp3) is 0.514. The Balaban J connectivity index is 1.35. The van der Waals surface area contributed by atoms with Crippen LogP contribution in [0.5, 0.6) is 0 Å². The summed E-state index contributed by atoms with van der Waals surface area (Å²) in [6, 6.07) is 9.71. The van der Waals surface area contributed by atoms with Crippen LogP contribution in [-0.4, -0.2) is 76.5 Å². The van der Waals surface area contributed by atoms with Crippen molar-refractivity contribution in [3.05, 3.63) is 60.0 Å². The number of aliphatic carboxylic acids is 1. The molecule has 2 aliphatic carbocycles. The lowest BCUT2D eigenvalue weighted by Crippen LogP contribution is -2.59. The van der Waals surface area contributed by atoms with E-state index in [2.05, 4.69) is 22.4 Å². The zero-order chi connectivity index (χ0) is 33.8. The molecule has 2 heterocycles. The molecular weight excluding hydrogens is 620 g/mol. The van der Waals surface area contributed by atoms with Crippen molar-refractivity contribution in [3.8, 4) is 10.4 Å². The Bertz CT molecular complexity index is 1500. The van der Waals surface area contributed by atoms with Crippen LogP contribution in [0.4, 0.5) is 4.79 Å². The van der Waals surface area contributed by atoms with Crippen LogP contribution in [0.3, 0.4) is 0 Å². The van der Waals surface area contributed by atoms with Gasteiger partial charge in [-0.25, -0.2) is 9.59 Å². The lowest BCUT2D eigenvalue weighted by molar-refractivity contribution is -0.146. The summed E-state index contributed by atoms with van der Waals surface area (Å²) in [6.07, 6.45) is 6.05. The standard InChI is InChI=1S/C35H44N4O7S/c1-5-11-23-19-35(23,32(42)43)38-30(40)27-18-25(46-36-20-22-12-6-9-15-26(22)28-16-10-17-47-28)21-39(27)31(41)29(34(2,3)4)37-33(44)45-24-13-7-8-14-24/h5-6,9-10,12,15-17,20,23-25,27,29H,1,7-8,11,13-14,18-19,21H2,2-4H3,(H,37,44)(H,38,40)(H,42,43)/b36-20+/t23-,25-,27+,29-,35-/m1/s1. The van der Waals surface area contributed by atoms with Gasteiger partial charge >= 0.3 is 12.1 Å². The van der Waals surface area contributed by atoms with Crippen LogP contribution in [0.2, 0.25) is 0 Å². The number of carboxylic acids is 1. The van der Waals surface area contributed by atoms with E-state index in [0.717, 1.165) is 41.7 Å². The van der Waals surface area contributed by atoms with Gasteiger partial charge in [-0.15, -0.1) is 17.9 Å². The lowest BCUT2D eigenvalue weighted by Gasteiger charge is -2.35. The molecule has 5 atom stereocenters. The van der Waals surface area contributed by atoms with Crippen LogP contribution in [0, 0.1) is 11.3 Å². The Labute approximate surface area is 279 Å². The number of amides is 3. The van der Waals surface area contributed by atoms with Crippen molar-refractivity contribution < 1.29 is 33.9 Å². The van der Waals surface area contributed by atoms with E-state index >= 15 is 0 Å². The van der Waals surface area contributed by atoms with Gasteiger partial charge in [0.1, 0.15) is 29.8 Å². The molecule has 252 valence electrons. The predicted octanol–water partition coefficient (Wildman–Crippen LogP) is 5.35. The van der Waals surface area contributed by atoms with E-state index < -0.39 is 53.0 Å². The molecule has 47 heavy (non-hydrogen) atoms. The number of carboxylic acid groups (broad SMARTS) is 1. The number of likely N-dealkylation sites (tertiary alicyclic amines) is 1. The van der Waals surface area contributed by atoms with E-state index in [1.807, 2.05) is 62.5 Å². The number of nitrogens with one attached hydrogen (secondary N) is 2. The van der Waals surface area contributed by atoms with Crippen LogP contribution in [0.15, 0.2) is 59.6 Å². The van der Waals surface area contributed by atoms with Crippen LogP contribution >= 0.6 is 11.3 Å². The number of oxime groups is 1. The van der Waals surface area contributed by atoms with Crippen molar-refractivity contribution in [3.63, 3.8) is 0 Å². The van der Waals surface area contributed by atoms with Crippen molar-refractivity contribution in [1.29, 1.82) is 0 Å². The number of carbonyl (C=O) groups excluding carboxylic acids is 3. The molecule has 1 aromatic carbocycles. The maximum absolute atomic E-state index is 14.2. The Morgan fingerprint density at radius 2 is 1.89 bits per heavy atom. The van der Waals surface area contributed by atoms with Crippen molar-refractivity contribution in [2.24, 2.45) is 16.5 Å². The average molecular weight is 665 g/mol. The number of hydrogen-bond donors (Lipinski definition) is 3. The van der Waals surface area contributed by atoms with Crippen molar-refractivity contribution in [1.82, 2.24) is 15.5 Å². The summed E-state index contributed by atoms with van der Waals surface area (Å²) in [5, 5.41) is 21.8. The van der Waals surface area contributed by atoms with Crippen molar-refractivity contribution >= 4 is 41.4 Å². The molecule has 0 unspecified atom stereocenters. The zero-order valence-corrected chi connectivity index (χ0v) is 28.0. The molecular formula is C35H44N4O7S. The van der Waals surface area contributed by atoms with Gasteiger partial charge in [0.05, 0.1) is 12.8 Å². The quantitative estimate of drug-likeness (QED) is 0.157. The highest BCUT2D eigenvalue weighted by molar-refractivity contribution is 7.13. The summed E-state index contributed by atoms with van der Waals surface area (Å²) in [4.78, 5) is 61.6. The summed E-state index contributed by atoms with van der Waals surface area (Å²) in [5.41, 5.74) is -0.312. The molecule has 11 nitrogen and oxygen atoms in total. The number of alkyl carbamates (subject to hydrolysis) is 1. The first kappa shape index (κ1) is 34.2. The highest BCUT2D eigenvalue weighted by Crippen LogP contribution is 2.46. The van der Waals surface area contributed by atoms with Crippen LogP contribution < -0.4 is 10.6 Å². The van der Waals surface area contributed by atoms with Gasteiger partial charge in [-0.3, -0.25) is 9.59 Å². The van der Waals surface area contributed by atoms with Gasteiger partial charge in [-0.05, 0) is 61.3 Å². The number of thiophene rings is 1. The van der Waals surface area contributed by atoms with Gasteiger partial charge in [0.2, 0.25) is 11.8 Å². The van der Waals surface area contributed by atoms with E-state index in [1.54, 1.807) is 23.6 Å². The third-order valence-electron chi connectivity index (χ3n) is 9.23. The molecule has 3 fully saturated rings. The third-order valence-corrected chi connectivity index (χ3v) is 10.1. The van der Waals surface area contributed by atoms with E-state index in [0.29, 0.717) is 6.42 Å². The van der Waals surface area contributed by atoms with Crippen molar-refractivity contribution in [2.75, 3.05) is 6.54 Å².